The molecule has 2 amide bonds. The van der Waals surface area contributed by atoms with E-state index in [1.54, 1.807) is 18.2 Å². The lowest BCUT2D eigenvalue weighted by atomic mass is 10.2. The summed E-state index contributed by atoms with van der Waals surface area (Å²) >= 11 is 0. The van der Waals surface area contributed by atoms with Gasteiger partial charge < -0.3 is 19.5 Å². The Balaban J connectivity index is 1.89. The van der Waals surface area contributed by atoms with E-state index in [-0.39, 0.29) is 24.5 Å². The van der Waals surface area contributed by atoms with E-state index < -0.39 is 18.5 Å². The summed E-state index contributed by atoms with van der Waals surface area (Å²) in [6.07, 6.45) is 0.335. The fraction of sp³-hybridized carbons (Fsp3) is 0.333. The van der Waals surface area contributed by atoms with Gasteiger partial charge >= 0.3 is 5.97 Å². The van der Waals surface area contributed by atoms with Crippen molar-refractivity contribution in [2.75, 3.05) is 26.1 Å². The van der Waals surface area contributed by atoms with Crippen molar-refractivity contribution in [3.63, 3.8) is 0 Å². The van der Waals surface area contributed by atoms with Crippen LogP contribution in [0.3, 0.4) is 0 Å². The smallest absolute Gasteiger partial charge is 0.355 e. The molecule has 0 radical (unpaired) electrons. The maximum absolute atomic E-state index is 11.9. The number of nitrogens with one attached hydrogen (secondary N) is 2. The van der Waals surface area contributed by atoms with Crippen LogP contribution in [0.5, 0.6) is 11.5 Å². The fourth-order valence-electron chi connectivity index (χ4n) is 1.92. The van der Waals surface area contributed by atoms with Crippen LogP contribution < -0.4 is 20.2 Å². The lowest BCUT2D eigenvalue weighted by molar-refractivity contribution is -0.140. The van der Waals surface area contributed by atoms with Gasteiger partial charge in [-0.2, -0.15) is 5.10 Å². The van der Waals surface area contributed by atoms with Crippen molar-refractivity contribution in [2.24, 2.45) is 5.10 Å². The number of anilines is 1. The number of hydrogen-bond acceptors (Lipinski definition) is 7. The monoisotopic (exact) mass is 335 g/mol. The van der Waals surface area contributed by atoms with E-state index in [4.69, 9.17) is 14.2 Å². The van der Waals surface area contributed by atoms with Gasteiger partial charge in [-0.25, -0.2) is 10.2 Å². The summed E-state index contributed by atoms with van der Waals surface area (Å²) in [6, 6.07) is 4.88. The van der Waals surface area contributed by atoms with E-state index in [0.717, 1.165) is 0 Å². The number of methoxy groups -OCH3 is 2. The molecule has 1 aliphatic heterocycles. The number of rotatable bonds is 6. The van der Waals surface area contributed by atoms with Crippen LogP contribution in [-0.4, -0.2) is 44.3 Å². The molecule has 128 valence electrons. The van der Waals surface area contributed by atoms with E-state index in [2.05, 4.69) is 15.8 Å². The maximum atomic E-state index is 11.9. The van der Waals surface area contributed by atoms with Crippen LogP contribution in [0, 0.1) is 0 Å². The van der Waals surface area contributed by atoms with Crippen LogP contribution in [0.1, 0.15) is 12.8 Å². The highest BCUT2D eigenvalue weighted by atomic mass is 16.5. The third-order valence-electron chi connectivity index (χ3n) is 3.16. The topological polar surface area (TPSA) is 115 Å². The number of carbonyl (C=O) groups excluding carboxylic acids is 3. The summed E-state index contributed by atoms with van der Waals surface area (Å²) in [5, 5.41) is 6.17. The second-order valence-electron chi connectivity index (χ2n) is 4.78. The van der Waals surface area contributed by atoms with Crippen molar-refractivity contribution < 1.29 is 28.6 Å². The Morgan fingerprint density at radius 1 is 1.25 bits per heavy atom. The molecule has 0 bridgehead atoms. The first-order valence-corrected chi connectivity index (χ1v) is 7.08. The SMILES string of the molecule is COc1ccc(NC(=O)COC(=O)C2=NNC(=O)CC2)c(OC)c1. The largest absolute Gasteiger partial charge is 0.497 e. The van der Waals surface area contributed by atoms with Gasteiger partial charge in [0, 0.05) is 18.9 Å². The van der Waals surface area contributed by atoms with Gasteiger partial charge in [-0.3, -0.25) is 9.59 Å². The third-order valence-corrected chi connectivity index (χ3v) is 3.16. The van der Waals surface area contributed by atoms with Crippen LogP contribution in [0.4, 0.5) is 5.69 Å². The number of benzene rings is 1. The molecule has 9 heteroatoms. The average Bonchev–Trinajstić information content (AvgIpc) is 2.60. The van der Waals surface area contributed by atoms with E-state index in [9.17, 15) is 14.4 Å². The summed E-state index contributed by atoms with van der Waals surface area (Å²) < 4.78 is 15.1. The number of amides is 2. The average molecular weight is 335 g/mol. The van der Waals surface area contributed by atoms with Crippen molar-refractivity contribution >= 4 is 29.2 Å². The number of carbonyl (C=O) groups is 3. The third kappa shape index (κ3) is 4.45. The van der Waals surface area contributed by atoms with Crippen LogP contribution in [-0.2, 0) is 19.1 Å². The van der Waals surface area contributed by atoms with Gasteiger partial charge in [0.05, 0.1) is 19.9 Å². The Hall–Kier alpha value is -3.10. The molecule has 2 rings (SSSR count). The maximum Gasteiger partial charge on any atom is 0.355 e. The van der Waals surface area contributed by atoms with Crippen LogP contribution in [0.15, 0.2) is 23.3 Å². The molecule has 0 fully saturated rings. The van der Waals surface area contributed by atoms with Crippen LogP contribution >= 0.6 is 0 Å². The summed E-state index contributed by atoms with van der Waals surface area (Å²) in [6.45, 7) is -0.485. The number of esters is 1. The van der Waals surface area contributed by atoms with E-state index in [1.807, 2.05) is 0 Å². The molecule has 1 aliphatic rings. The molecule has 24 heavy (non-hydrogen) atoms. The van der Waals surface area contributed by atoms with Gasteiger partial charge in [0.2, 0.25) is 5.91 Å². The lowest BCUT2D eigenvalue weighted by Gasteiger charge is -2.13. The molecule has 0 saturated heterocycles. The highest BCUT2D eigenvalue weighted by Crippen LogP contribution is 2.28. The molecule has 0 unspecified atom stereocenters. The standard InChI is InChI=1S/C15H17N3O6/c1-22-9-3-4-10(12(7-9)23-2)16-14(20)8-24-15(21)11-5-6-13(19)18-17-11/h3-4,7H,5-6,8H2,1-2H3,(H,16,20)(H,18,19). The van der Waals surface area contributed by atoms with Crippen molar-refractivity contribution in [2.45, 2.75) is 12.8 Å². The number of ether oxygens (including phenoxy) is 3. The molecule has 1 aromatic carbocycles. The first-order chi connectivity index (χ1) is 11.5. The molecule has 1 aromatic rings. The summed E-state index contributed by atoms with van der Waals surface area (Å²) in [7, 11) is 2.98. The predicted molar refractivity (Wildman–Crippen MR) is 83.9 cm³/mol. The van der Waals surface area contributed by atoms with E-state index in [1.165, 1.54) is 14.2 Å². The Morgan fingerprint density at radius 2 is 2.04 bits per heavy atom. The van der Waals surface area contributed by atoms with E-state index >= 15 is 0 Å². The Morgan fingerprint density at radius 3 is 2.67 bits per heavy atom. The zero-order valence-corrected chi connectivity index (χ0v) is 13.3. The minimum absolute atomic E-state index is 0.0735. The first kappa shape index (κ1) is 17.3. The highest BCUT2D eigenvalue weighted by Gasteiger charge is 2.20. The molecular weight excluding hydrogens is 318 g/mol. The summed E-state index contributed by atoms with van der Waals surface area (Å²) in [4.78, 5) is 34.6. The van der Waals surface area contributed by atoms with Gasteiger partial charge in [0.25, 0.3) is 5.91 Å². The van der Waals surface area contributed by atoms with Crippen molar-refractivity contribution in [1.29, 1.82) is 0 Å². The zero-order valence-electron chi connectivity index (χ0n) is 13.3. The minimum atomic E-state index is -0.744. The summed E-state index contributed by atoms with van der Waals surface area (Å²) in [5.41, 5.74) is 2.68. The van der Waals surface area contributed by atoms with Gasteiger partial charge in [-0.1, -0.05) is 0 Å². The molecule has 1 heterocycles. The lowest BCUT2D eigenvalue weighted by Crippen LogP contribution is -2.32. The molecule has 0 saturated carbocycles. The van der Waals surface area contributed by atoms with Gasteiger partial charge in [0.15, 0.2) is 6.61 Å². The zero-order chi connectivity index (χ0) is 17.5. The quantitative estimate of drug-likeness (QED) is 0.729. The summed E-state index contributed by atoms with van der Waals surface area (Å²) in [5.74, 6) is -0.558. The van der Waals surface area contributed by atoms with Crippen molar-refractivity contribution in [3.05, 3.63) is 18.2 Å². The second kappa shape index (κ2) is 7.95. The second-order valence-corrected chi connectivity index (χ2v) is 4.78. The van der Waals surface area contributed by atoms with Gasteiger partial charge in [-0.05, 0) is 12.1 Å². The number of hydrogen-bond donors (Lipinski definition) is 2. The van der Waals surface area contributed by atoms with Crippen LogP contribution in [0.2, 0.25) is 0 Å². The Kier molecular flexibility index (Phi) is 5.72. The predicted octanol–water partition coefficient (Wildman–Crippen LogP) is 0.451. The normalized spacial score (nSPS) is 13.4. The number of nitrogens with zero attached hydrogens (tertiary/aromatic N) is 1. The molecule has 0 atom stereocenters. The van der Waals surface area contributed by atoms with Gasteiger partial charge in [0.1, 0.15) is 17.2 Å². The highest BCUT2D eigenvalue weighted by molar-refractivity contribution is 6.37. The Bertz CT molecular complexity index is 686. The molecule has 2 N–H and O–H groups in total. The van der Waals surface area contributed by atoms with Crippen molar-refractivity contribution in [3.8, 4) is 11.5 Å². The molecule has 0 aliphatic carbocycles. The molecular formula is C15H17N3O6. The first-order valence-electron chi connectivity index (χ1n) is 7.08. The number of hydrazone groups is 1. The molecule has 0 spiro atoms. The molecule has 9 nitrogen and oxygen atoms in total. The van der Waals surface area contributed by atoms with Crippen LogP contribution in [0.25, 0.3) is 0 Å². The fourth-order valence-corrected chi connectivity index (χ4v) is 1.92. The van der Waals surface area contributed by atoms with E-state index in [0.29, 0.717) is 17.2 Å². The molecule has 0 aromatic heterocycles. The minimum Gasteiger partial charge on any atom is -0.497 e. The van der Waals surface area contributed by atoms with Crippen molar-refractivity contribution in [1.82, 2.24) is 5.43 Å². The van der Waals surface area contributed by atoms with Gasteiger partial charge in [-0.15, -0.1) is 0 Å². The Labute approximate surface area is 138 Å².